The van der Waals surface area contributed by atoms with Gasteiger partial charge < -0.3 is 15.2 Å². The van der Waals surface area contributed by atoms with Crippen LogP contribution in [0, 0.1) is 0 Å². The van der Waals surface area contributed by atoms with Gasteiger partial charge in [-0.15, -0.1) is 0 Å². The Labute approximate surface area is 131 Å². The van der Waals surface area contributed by atoms with Crippen LogP contribution in [-0.4, -0.2) is 20.1 Å². The first-order chi connectivity index (χ1) is 10.0. The van der Waals surface area contributed by atoms with E-state index >= 15 is 0 Å². The summed E-state index contributed by atoms with van der Waals surface area (Å²) in [4.78, 5) is 11.2. The number of hydrogen-bond acceptors (Lipinski definition) is 3. The Morgan fingerprint density at radius 3 is 2.57 bits per heavy atom. The molecule has 0 radical (unpaired) electrons. The van der Waals surface area contributed by atoms with Gasteiger partial charge in [0.25, 0.3) is 5.91 Å². The van der Waals surface area contributed by atoms with Gasteiger partial charge in [0.15, 0.2) is 30.4 Å². The van der Waals surface area contributed by atoms with Crippen LogP contribution in [0.2, 0.25) is 0 Å². The van der Waals surface area contributed by atoms with E-state index in [1.54, 1.807) is 32.5 Å². The topological polar surface area (TPSA) is 65.4 Å². The van der Waals surface area contributed by atoms with E-state index in [4.69, 9.17) is 15.2 Å². The number of pyridine rings is 1. The molecule has 0 saturated carbocycles. The molecule has 0 aliphatic rings. The molecule has 2 rings (SSSR count). The number of methoxy groups -OCH3 is 2. The lowest BCUT2D eigenvalue weighted by molar-refractivity contribution is -0.688. The number of nitrogens with zero attached hydrogens (tertiary/aromatic N) is 1. The molecule has 0 atom stereocenters. The van der Waals surface area contributed by atoms with Crippen LogP contribution in [0.15, 0.2) is 41.1 Å². The van der Waals surface area contributed by atoms with Crippen molar-refractivity contribution in [3.05, 3.63) is 52.3 Å². The number of carbonyl (C=O) groups excluding carboxylic acids is 1. The molecule has 5 nitrogen and oxygen atoms in total. The maximum atomic E-state index is 11.2. The molecule has 21 heavy (non-hydrogen) atoms. The van der Waals surface area contributed by atoms with E-state index in [1.807, 2.05) is 22.9 Å². The highest BCUT2D eigenvalue weighted by atomic mass is 79.9. The Morgan fingerprint density at radius 2 is 1.95 bits per heavy atom. The van der Waals surface area contributed by atoms with Crippen LogP contribution < -0.4 is 19.8 Å². The normalized spacial score (nSPS) is 10.2. The van der Waals surface area contributed by atoms with Gasteiger partial charge in [-0.05, 0) is 18.2 Å². The fourth-order valence-corrected chi connectivity index (χ4v) is 2.43. The van der Waals surface area contributed by atoms with E-state index < -0.39 is 5.91 Å². The van der Waals surface area contributed by atoms with Gasteiger partial charge in [-0.2, -0.15) is 4.57 Å². The monoisotopic (exact) mass is 351 g/mol. The predicted octanol–water partition coefficient (Wildman–Crippen LogP) is 1.90. The maximum Gasteiger partial charge on any atom is 0.254 e. The lowest BCUT2D eigenvalue weighted by Crippen LogP contribution is -2.35. The van der Waals surface area contributed by atoms with Gasteiger partial charge in [-0.1, -0.05) is 15.9 Å². The van der Waals surface area contributed by atoms with E-state index in [1.165, 1.54) is 0 Å². The number of amides is 1. The predicted molar refractivity (Wildman–Crippen MR) is 81.5 cm³/mol. The molecule has 1 heterocycles. The summed E-state index contributed by atoms with van der Waals surface area (Å²) in [5.74, 6) is 0.863. The molecule has 0 saturated heterocycles. The van der Waals surface area contributed by atoms with Crippen molar-refractivity contribution in [2.75, 3.05) is 14.2 Å². The minimum Gasteiger partial charge on any atom is -0.493 e. The quantitative estimate of drug-likeness (QED) is 0.836. The standard InChI is InChI=1S/C15H15BrN2O3/c1-20-13-6-11(12(16)7-14(13)21-2)9-18-5-3-4-10(8-18)15(17)19/h3-8H,9H2,1-2H3,(H-,17,19)/p+1. The highest BCUT2D eigenvalue weighted by Crippen LogP contribution is 2.33. The van der Waals surface area contributed by atoms with Crippen LogP contribution in [-0.2, 0) is 6.54 Å². The average molecular weight is 352 g/mol. The first-order valence-corrected chi connectivity index (χ1v) is 7.03. The minimum atomic E-state index is -0.448. The Hall–Kier alpha value is -2.08. The third-order valence-corrected chi connectivity index (χ3v) is 3.79. The van der Waals surface area contributed by atoms with Gasteiger partial charge in [0.2, 0.25) is 0 Å². The van der Waals surface area contributed by atoms with E-state index in [9.17, 15) is 4.79 Å². The molecule has 1 aromatic heterocycles. The highest BCUT2D eigenvalue weighted by Gasteiger charge is 2.14. The minimum absolute atomic E-state index is 0.448. The van der Waals surface area contributed by atoms with Crippen molar-refractivity contribution in [3.8, 4) is 11.5 Å². The fourth-order valence-electron chi connectivity index (χ4n) is 1.98. The number of primary amides is 1. The summed E-state index contributed by atoms with van der Waals surface area (Å²) in [6.07, 6.45) is 3.58. The van der Waals surface area contributed by atoms with Crippen molar-refractivity contribution in [2.45, 2.75) is 6.54 Å². The first-order valence-electron chi connectivity index (χ1n) is 6.24. The largest absolute Gasteiger partial charge is 0.493 e. The zero-order chi connectivity index (χ0) is 15.4. The zero-order valence-corrected chi connectivity index (χ0v) is 13.4. The van der Waals surface area contributed by atoms with Crippen molar-refractivity contribution in [1.29, 1.82) is 0 Å². The number of nitrogens with two attached hydrogens (primary N) is 1. The molecule has 0 aliphatic heterocycles. The number of halogens is 1. The van der Waals surface area contributed by atoms with E-state index in [0.717, 1.165) is 10.0 Å². The van der Waals surface area contributed by atoms with Crippen LogP contribution in [0.1, 0.15) is 15.9 Å². The summed E-state index contributed by atoms with van der Waals surface area (Å²) in [5, 5.41) is 0. The van der Waals surface area contributed by atoms with Crippen LogP contribution >= 0.6 is 15.9 Å². The molecule has 110 valence electrons. The van der Waals surface area contributed by atoms with E-state index in [-0.39, 0.29) is 0 Å². The Balaban J connectivity index is 2.35. The summed E-state index contributed by atoms with van der Waals surface area (Å²) in [5.41, 5.74) is 6.76. The number of ether oxygens (including phenoxy) is 2. The summed E-state index contributed by atoms with van der Waals surface area (Å²) in [6.45, 7) is 0.571. The van der Waals surface area contributed by atoms with E-state index in [0.29, 0.717) is 23.6 Å². The van der Waals surface area contributed by atoms with E-state index in [2.05, 4.69) is 15.9 Å². The molecule has 1 amide bonds. The van der Waals surface area contributed by atoms with Crippen molar-refractivity contribution in [2.24, 2.45) is 5.73 Å². The second-order valence-electron chi connectivity index (χ2n) is 4.43. The SMILES string of the molecule is COc1cc(Br)c(C[n+]2cccc(C(N)=O)c2)cc1OC. The Kier molecular flexibility index (Phi) is 4.80. The summed E-state index contributed by atoms with van der Waals surface area (Å²) < 4.78 is 13.3. The van der Waals surface area contributed by atoms with Gasteiger partial charge >= 0.3 is 0 Å². The lowest BCUT2D eigenvalue weighted by atomic mass is 10.2. The highest BCUT2D eigenvalue weighted by molar-refractivity contribution is 9.10. The molecular formula is C15H16BrN2O3+. The second kappa shape index (κ2) is 6.58. The average Bonchev–Trinajstić information content (AvgIpc) is 2.49. The van der Waals surface area contributed by atoms with Gasteiger partial charge in [0.1, 0.15) is 5.56 Å². The molecule has 0 aliphatic carbocycles. The number of hydrogen-bond donors (Lipinski definition) is 1. The molecule has 2 N–H and O–H groups in total. The third kappa shape index (κ3) is 3.52. The first kappa shape index (κ1) is 15.3. The van der Waals surface area contributed by atoms with Crippen molar-refractivity contribution in [1.82, 2.24) is 0 Å². The molecular weight excluding hydrogens is 336 g/mol. The number of rotatable bonds is 5. The van der Waals surface area contributed by atoms with Crippen molar-refractivity contribution in [3.63, 3.8) is 0 Å². The molecule has 0 spiro atoms. The lowest BCUT2D eigenvalue weighted by Gasteiger charge is -2.10. The van der Waals surface area contributed by atoms with Crippen molar-refractivity contribution >= 4 is 21.8 Å². The smallest absolute Gasteiger partial charge is 0.254 e. The van der Waals surface area contributed by atoms with Crippen molar-refractivity contribution < 1.29 is 18.8 Å². The Morgan fingerprint density at radius 1 is 1.29 bits per heavy atom. The zero-order valence-electron chi connectivity index (χ0n) is 11.8. The fraction of sp³-hybridized carbons (Fsp3) is 0.200. The van der Waals surface area contributed by atoms with Crippen LogP contribution in [0.25, 0.3) is 0 Å². The molecule has 0 fully saturated rings. The number of benzene rings is 1. The number of carbonyl (C=O) groups is 1. The van der Waals surface area contributed by atoms with Crippen LogP contribution in [0.5, 0.6) is 11.5 Å². The molecule has 6 heteroatoms. The van der Waals surface area contributed by atoms with Gasteiger partial charge in [0, 0.05) is 16.1 Å². The van der Waals surface area contributed by atoms with Gasteiger partial charge in [-0.3, -0.25) is 4.79 Å². The van der Waals surface area contributed by atoms with Gasteiger partial charge in [-0.25, -0.2) is 0 Å². The summed E-state index contributed by atoms with van der Waals surface area (Å²) in [6, 6.07) is 7.22. The van der Waals surface area contributed by atoms with Gasteiger partial charge in [0.05, 0.1) is 14.2 Å². The third-order valence-electron chi connectivity index (χ3n) is 3.05. The summed E-state index contributed by atoms with van der Waals surface area (Å²) >= 11 is 3.52. The summed E-state index contributed by atoms with van der Waals surface area (Å²) in [7, 11) is 3.19. The Bertz CT molecular complexity index is 674. The number of aromatic nitrogens is 1. The molecule has 2 aromatic rings. The molecule has 0 unspecified atom stereocenters. The van der Waals surface area contributed by atoms with Crippen LogP contribution in [0.4, 0.5) is 0 Å². The van der Waals surface area contributed by atoms with Crippen LogP contribution in [0.3, 0.4) is 0 Å². The molecule has 1 aromatic carbocycles. The maximum absolute atomic E-state index is 11.2. The second-order valence-corrected chi connectivity index (χ2v) is 5.28. The molecule has 0 bridgehead atoms.